The minimum Gasteiger partial charge on any atom is -0.393 e. The van der Waals surface area contributed by atoms with E-state index < -0.39 is 5.60 Å². The minimum absolute atomic E-state index is 0.0226. The molecular formula is C66H89N13O8S. The molecule has 3 aromatic carbocycles. The van der Waals surface area contributed by atoms with E-state index in [1.165, 1.54) is 69.1 Å². The van der Waals surface area contributed by atoms with Crippen LogP contribution in [0.25, 0.3) is 32.9 Å². The van der Waals surface area contributed by atoms with Crippen LogP contribution < -0.4 is 31.9 Å². The number of aliphatic hydroxyl groups is 2. The number of aryl methyl sites for hydroxylation is 3. The summed E-state index contributed by atoms with van der Waals surface area (Å²) in [6.45, 7) is 12.1. The van der Waals surface area contributed by atoms with Gasteiger partial charge in [-0.25, -0.2) is 4.98 Å². The summed E-state index contributed by atoms with van der Waals surface area (Å²) in [5.74, 6) is 3.78. The van der Waals surface area contributed by atoms with Gasteiger partial charge in [0.2, 0.25) is 17.7 Å². The SMILES string of the molecule is Cc1ccc2onc(NCC(=O)NC3CN(C4CCC(C5CCCCC5)CC4)C3)c2c1.Cc1ccc2onc(NCC(=O)NC3CN(C4CCC(O)(c5nccs5)CC4)C3)c2c1.Cc1ccc2onc(NCC(=O)NC3CN(C4CCC(O)CC4)C3)c2c1. The molecule has 14 rings (SSSR count). The van der Waals surface area contributed by atoms with Crippen LogP contribution in [0.1, 0.15) is 131 Å². The topological polar surface area (TPSA) is 265 Å². The van der Waals surface area contributed by atoms with Gasteiger partial charge in [0.05, 0.1) is 60.0 Å². The molecule has 0 unspecified atom stereocenters. The smallest absolute Gasteiger partial charge is 0.239 e. The fraction of sp³-hybridized carbons (Fsp3) is 0.591. The summed E-state index contributed by atoms with van der Waals surface area (Å²) in [6.07, 6.45) is 21.8. The minimum atomic E-state index is -0.765. The van der Waals surface area contributed by atoms with E-state index in [0.29, 0.717) is 40.7 Å². The molecule has 3 amide bonds. The number of aromatic nitrogens is 4. The Morgan fingerprint density at radius 2 is 0.898 bits per heavy atom. The highest BCUT2D eigenvalue weighted by molar-refractivity contribution is 7.09. The first-order valence-corrected chi connectivity index (χ1v) is 33.3. The monoisotopic (exact) mass is 1220 g/mol. The second-order valence-electron chi connectivity index (χ2n) is 26.3. The van der Waals surface area contributed by atoms with Crippen molar-refractivity contribution in [2.24, 2.45) is 11.8 Å². The van der Waals surface area contributed by atoms with E-state index in [9.17, 15) is 24.6 Å². The third-order valence-corrected chi connectivity index (χ3v) is 20.8. The van der Waals surface area contributed by atoms with Gasteiger partial charge < -0.3 is 55.7 Å². The van der Waals surface area contributed by atoms with Gasteiger partial charge >= 0.3 is 0 Å². The van der Waals surface area contributed by atoms with Gasteiger partial charge in [0, 0.05) is 69.0 Å². The Labute approximate surface area is 518 Å². The molecule has 22 heteroatoms. The van der Waals surface area contributed by atoms with Crippen LogP contribution >= 0.6 is 11.3 Å². The van der Waals surface area contributed by atoms with Crippen LogP contribution in [0.2, 0.25) is 0 Å². The van der Waals surface area contributed by atoms with E-state index in [1.54, 1.807) is 6.20 Å². The molecule has 7 fully saturated rings. The molecule has 0 atom stereocenters. The first-order chi connectivity index (χ1) is 42.7. The van der Waals surface area contributed by atoms with Crippen molar-refractivity contribution in [3.63, 3.8) is 0 Å². The maximum atomic E-state index is 12.4. The summed E-state index contributed by atoms with van der Waals surface area (Å²) in [7, 11) is 0. The van der Waals surface area contributed by atoms with E-state index in [4.69, 9.17) is 13.6 Å². The average Bonchev–Trinajstić information content (AvgIpc) is 2.06. The molecule has 88 heavy (non-hydrogen) atoms. The zero-order valence-corrected chi connectivity index (χ0v) is 52.1. The lowest BCUT2D eigenvalue weighted by Crippen LogP contribution is -2.63. The molecule has 4 saturated carbocycles. The molecule has 21 nitrogen and oxygen atoms in total. The number of aliphatic hydroxyl groups excluding tert-OH is 1. The van der Waals surface area contributed by atoms with Gasteiger partial charge in [0.15, 0.2) is 34.2 Å². The number of anilines is 3. The fourth-order valence-electron chi connectivity index (χ4n) is 14.7. The largest absolute Gasteiger partial charge is 0.393 e. The van der Waals surface area contributed by atoms with Gasteiger partial charge in [-0.3, -0.25) is 29.1 Å². The Bertz CT molecular complexity index is 3430. The molecule has 0 bridgehead atoms. The number of carbonyl (C=O) groups is 3. The number of thiazole rings is 1. The van der Waals surface area contributed by atoms with Crippen molar-refractivity contribution in [3.8, 4) is 0 Å². The summed E-state index contributed by atoms with van der Waals surface area (Å²) < 4.78 is 15.9. The number of rotatable bonds is 17. The quantitative estimate of drug-likeness (QED) is 0.0423. The number of likely N-dealkylation sites (tertiary alicyclic amines) is 3. The number of nitrogens with zero attached hydrogens (tertiary/aromatic N) is 7. The number of nitrogens with one attached hydrogen (secondary N) is 6. The summed E-state index contributed by atoms with van der Waals surface area (Å²) >= 11 is 1.53. The van der Waals surface area contributed by atoms with Crippen molar-refractivity contribution >= 4 is 79.4 Å². The van der Waals surface area contributed by atoms with Gasteiger partial charge in [0.25, 0.3) is 0 Å². The van der Waals surface area contributed by atoms with Crippen LogP contribution in [-0.4, -0.2) is 164 Å². The third-order valence-electron chi connectivity index (χ3n) is 19.8. The molecule has 7 aromatic rings. The van der Waals surface area contributed by atoms with Crippen molar-refractivity contribution in [1.29, 1.82) is 0 Å². The predicted octanol–water partition coefficient (Wildman–Crippen LogP) is 8.78. The number of benzene rings is 3. The summed E-state index contributed by atoms with van der Waals surface area (Å²) in [5.41, 5.74) is 4.78. The van der Waals surface area contributed by atoms with Crippen LogP contribution in [0.3, 0.4) is 0 Å². The van der Waals surface area contributed by atoms with Crippen LogP contribution in [0, 0.1) is 32.6 Å². The zero-order valence-electron chi connectivity index (χ0n) is 51.3. The van der Waals surface area contributed by atoms with E-state index in [1.807, 2.05) is 80.7 Å². The highest BCUT2D eigenvalue weighted by Gasteiger charge is 2.42. The first-order valence-electron chi connectivity index (χ1n) is 32.4. The lowest BCUT2D eigenvalue weighted by atomic mass is 9.72. The molecule has 0 radical (unpaired) electrons. The van der Waals surface area contributed by atoms with Crippen molar-refractivity contribution in [3.05, 3.63) is 87.9 Å². The summed E-state index contributed by atoms with van der Waals surface area (Å²) in [6, 6.07) is 20.1. The van der Waals surface area contributed by atoms with Crippen molar-refractivity contribution < 1.29 is 38.2 Å². The maximum absolute atomic E-state index is 12.4. The molecule has 7 aliphatic rings. The van der Waals surface area contributed by atoms with Crippen LogP contribution in [0.15, 0.2) is 79.7 Å². The Kier molecular flexibility index (Phi) is 19.6. The highest BCUT2D eigenvalue weighted by Crippen LogP contribution is 2.42. The summed E-state index contributed by atoms with van der Waals surface area (Å²) in [4.78, 5) is 48.7. The molecule has 4 aromatic heterocycles. The zero-order chi connectivity index (χ0) is 60.7. The average molecular weight is 1220 g/mol. The number of hydrogen-bond acceptors (Lipinski definition) is 19. The van der Waals surface area contributed by atoms with Crippen molar-refractivity contribution in [2.75, 3.05) is 74.9 Å². The molecule has 472 valence electrons. The van der Waals surface area contributed by atoms with E-state index in [-0.39, 0.29) is 61.6 Å². The molecule has 4 aliphatic carbocycles. The van der Waals surface area contributed by atoms with E-state index in [2.05, 4.69) is 67.1 Å². The van der Waals surface area contributed by atoms with Gasteiger partial charge in [-0.1, -0.05) is 82.5 Å². The predicted molar refractivity (Wildman–Crippen MR) is 341 cm³/mol. The maximum Gasteiger partial charge on any atom is 0.239 e. The van der Waals surface area contributed by atoms with Crippen LogP contribution in [0.5, 0.6) is 0 Å². The standard InChI is InChI=1S/C25H36N4O2.C22H27N5O3S.C19H26N4O3/c1-17-7-12-23-22(13-17)25(28-31-23)26-14-24(30)27-20-15-29(16-20)21-10-8-19(9-11-21)18-5-3-2-4-6-18;1-14-2-3-18-17(10-14)20(26-30-18)24-11-19(28)25-15-12-27(13-15)16-4-6-22(29,7-5-16)21-23-8-9-31-21;1-12-2-7-17-16(8-12)19(22-26-17)20-9-18(25)21-13-10-23(11-13)14-3-5-15(24)6-4-14/h7,12-13,18-21H,2-6,8-11,14-16H2,1H3,(H,26,28)(H,27,30);2-3,8-10,15-16,29H,4-7,11-13H2,1H3,(H,24,26)(H,25,28);2,7-8,13-15,24H,3-6,9-11H2,1H3,(H,20,22)(H,21,25). The van der Waals surface area contributed by atoms with Crippen LogP contribution in [0.4, 0.5) is 17.5 Å². The molecule has 8 N–H and O–H groups in total. The Morgan fingerprint density at radius 1 is 0.523 bits per heavy atom. The molecular weight excluding hydrogens is 1130 g/mol. The lowest BCUT2D eigenvalue weighted by Gasteiger charge is -2.47. The Balaban J connectivity index is 0.000000129. The van der Waals surface area contributed by atoms with Gasteiger partial charge in [-0.2, -0.15) is 0 Å². The van der Waals surface area contributed by atoms with Gasteiger partial charge in [-0.05, 0) is 146 Å². The summed E-state index contributed by atoms with van der Waals surface area (Å²) in [5, 5.41) is 56.6. The lowest BCUT2D eigenvalue weighted by molar-refractivity contribution is -0.122. The molecule has 3 aliphatic heterocycles. The van der Waals surface area contributed by atoms with Crippen molar-refractivity contribution in [1.82, 2.24) is 51.1 Å². The molecule has 0 spiro atoms. The number of carbonyl (C=O) groups excluding carboxylic acids is 3. The molecule has 3 saturated heterocycles. The first kappa shape index (κ1) is 61.5. The molecule has 7 heterocycles. The Hall–Kier alpha value is -6.69. The number of amides is 3. The Morgan fingerprint density at radius 3 is 1.28 bits per heavy atom. The van der Waals surface area contributed by atoms with E-state index in [0.717, 1.165) is 152 Å². The number of fused-ring (bicyclic) bond motifs is 3. The second-order valence-corrected chi connectivity index (χ2v) is 27.2. The fourth-order valence-corrected chi connectivity index (χ4v) is 15.4. The normalized spacial score (nSPS) is 25.1. The highest BCUT2D eigenvalue weighted by atomic mass is 32.1. The van der Waals surface area contributed by atoms with Crippen molar-refractivity contribution in [2.45, 2.75) is 178 Å². The van der Waals surface area contributed by atoms with E-state index >= 15 is 0 Å². The van der Waals surface area contributed by atoms with Gasteiger partial charge in [-0.15, -0.1) is 11.3 Å². The van der Waals surface area contributed by atoms with Gasteiger partial charge in [0.1, 0.15) is 10.6 Å². The second kappa shape index (κ2) is 28.0. The van der Waals surface area contributed by atoms with Crippen LogP contribution in [-0.2, 0) is 20.0 Å². The number of hydrogen-bond donors (Lipinski definition) is 8. The third kappa shape index (κ3) is 15.1.